The van der Waals surface area contributed by atoms with Crippen LogP contribution < -0.4 is 10.4 Å². The maximum Gasteiger partial charge on any atom is 0.223 e. The predicted octanol–water partition coefficient (Wildman–Crippen LogP) is 0.527. The molecule has 7 heteroatoms. The Kier molecular flexibility index (Phi) is 2.07. The summed E-state index contributed by atoms with van der Waals surface area (Å²) in [5, 5.41) is 12.1. The van der Waals surface area contributed by atoms with Crippen LogP contribution in [-0.2, 0) is 0 Å². The quantitative estimate of drug-likeness (QED) is 0.549. The fourth-order valence-corrected chi connectivity index (χ4v) is 1.13. The van der Waals surface area contributed by atoms with Gasteiger partial charge in [0, 0.05) is 18.8 Å². The summed E-state index contributed by atoms with van der Waals surface area (Å²) in [4.78, 5) is 10.6. The van der Waals surface area contributed by atoms with E-state index < -0.39 is 5.03 Å². The number of rotatable bonds is 2. The Morgan fingerprint density at radius 3 is 3.14 bits per heavy atom. The highest BCUT2D eigenvalue weighted by Crippen LogP contribution is 2.17. The zero-order chi connectivity index (χ0) is 9.97. The molecule has 14 heavy (non-hydrogen) atoms. The average molecular weight is 196 g/mol. The van der Waals surface area contributed by atoms with Gasteiger partial charge in [-0.3, -0.25) is 0 Å². The van der Waals surface area contributed by atoms with E-state index in [1.54, 1.807) is 24.4 Å². The second kappa shape index (κ2) is 3.38. The number of furan rings is 1. The Labute approximate surface area is 79.3 Å². The van der Waals surface area contributed by atoms with Gasteiger partial charge in [-0.15, -0.1) is 0 Å². The van der Waals surface area contributed by atoms with Crippen molar-refractivity contribution in [2.45, 2.75) is 0 Å². The topological polar surface area (TPSA) is 74.8 Å². The van der Waals surface area contributed by atoms with Crippen LogP contribution in [0.4, 0.5) is 5.88 Å². The molecule has 1 N–H and O–H groups in total. The minimum absolute atomic E-state index is 0.380. The molecule has 0 bridgehead atoms. The van der Waals surface area contributed by atoms with E-state index in [2.05, 4.69) is 5.43 Å². The van der Waals surface area contributed by atoms with Gasteiger partial charge in [0.2, 0.25) is 5.88 Å². The van der Waals surface area contributed by atoms with Crippen LogP contribution in [0.1, 0.15) is 0 Å². The van der Waals surface area contributed by atoms with Crippen molar-refractivity contribution in [1.29, 1.82) is 0 Å². The summed E-state index contributed by atoms with van der Waals surface area (Å²) in [5.41, 5.74) is 2.57. The molecule has 2 heterocycles. The van der Waals surface area contributed by atoms with Gasteiger partial charge in [-0.25, -0.2) is 10.1 Å². The molecule has 7 nitrogen and oxygen atoms in total. The van der Waals surface area contributed by atoms with Crippen LogP contribution in [0.15, 0.2) is 35.1 Å². The molecular weight excluding hydrogens is 188 g/mol. The van der Waals surface area contributed by atoms with Crippen molar-refractivity contribution in [3.63, 3.8) is 0 Å². The summed E-state index contributed by atoms with van der Waals surface area (Å²) >= 11 is 0. The van der Waals surface area contributed by atoms with Crippen molar-refractivity contribution in [1.82, 2.24) is 10.7 Å². The monoisotopic (exact) mass is 196 g/mol. The molecular formula is C7H8N4O3. The van der Waals surface area contributed by atoms with Gasteiger partial charge in [-0.1, -0.05) is 0 Å². The van der Waals surface area contributed by atoms with E-state index in [1.807, 2.05) is 0 Å². The first-order chi connectivity index (χ1) is 6.79. The largest absolute Gasteiger partial charge is 0.446 e. The van der Waals surface area contributed by atoms with Crippen LogP contribution >= 0.6 is 0 Å². The van der Waals surface area contributed by atoms with E-state index in [-0.39, 0.29) is 0 Å². The van der Waals surface area contributed by atoms with E-state index in [9.17, 15) is 10.1 Å². The third kappa shape index (κ3) is 1.40. The summed E-state index contributed by atoms with van der Waals surface area (Å²) < 4.78 is 5.04. The molecule has 0 amide bonds. The van der Waals surface area contributed by atoms with Crippen LogP contribution in [0.3, 0.4) is 0 Å². The smallest absolute Gasteiger partial charge is 0.223 e. The summed E-state index contributed by atoms with van der Waals surface area (Å²) in [5.74, 6) is 0.380. The highest BCUT2D eigenvalue weighted by atomic mass is 16.7. The first-order valence-corrected chi connectivity index (χ1v) is 3.96. The number of nitrogens with one attached hydrogen (secondary N) is 1. The number of hydrazine groups is 3. The van der Waals surface area contributed by atoms with E-state index >= 15 is 0 Å². The highest BCUT2D eigenvalue weighted by molar-refractivity contribution is 5.36. The Morgan fingerprint density at radius 1 is 1.64 bits per heavy atom. The third-order valence-electron chi connectivity index (χ3n) is 1.69. The van der Waals surface area contributed by atoms with E-state index in [1.165, 1.54) is 11.3 Å². The summed E-state index contributed by atoms with van der Waals surface area (Å²) in [6.45, 7) is 0.415. The molecule has 0 unspecified atom stereocenters. The van der Waals surface area contributed by atoms with Crippen molar-refractivity contribution in [2.24, 2.45) is 0 Å². The molecule has 0 aliphatic carbocycles. The van der Waals surface area contributed by atoms with Gasteiger partial charge < -0.3 is 4.42 Å². The molecule has 74 valence electrons. The van der Waals surface area contributed by atoms with Gasteiger partial charge in [0.1, 0.15) is 0 Å². The van der Waals surface area contributed by atoms with Gasteiger partial charge in [0.05, 0.1) is 11.5 Å². The Bertz CT molecular complexity index is 348. The van der Waals surface area contributed by atoms with E-state index in [0.717, 1.165) is 5.23 Å². The Hall–Kier alpha value is -2.02. The first kappa shape index (κ1) is 8.57. The average Bonchev–Trinajstić information content (AvgIpc) is 2.70. The van der Waals surface area contributed by atoms with Crippen molar-refractivity contribution >= 4 is 5.88 Å². The van der Waals surface area contributed by atoms with Crippen molar-refractivity contribution in [3.8, 4) is 0 Å². The van der Waals surface area contributed by atoms with Crippen LogP contribution in [0.5, 0.6) is 0 Å². The molecule has 0 atom stereocenters. The molecule has 0 aromatic carbocycles. The number of nitrogens with zero attached hydrogens (tertiary/aromatic N) is 3. The van der Waals surface area contributed by atoms with E-state index in [0.29, 0.717) is 12.4 Å². The molecule has 0 fully saturated rings. The normalized spacial score (nSPS) is 16.0. The van der Waals surface area contributed by atoms with Gasteiger partial charge in [-0.2, -0.15) is 10.4 Å². The SMILES string of the molecule is O=[N+]([O-])N1NCC=CN1c1ccco1. The van der Waals surface area contributed by atoms with Gasteiger partial charge in [0.25, 0.3) is 0 Å². The minimum Gasteiger partial charge on any atom is -0.446 e. The zero-order valence-corrected chi connectivity index (χ0v) is 7.16. The lowest BCUT2D eigenvalue weighted by molar-refractivity contribution is -0.672. The van der Waals surface area contributed by atoms with Gasteiger partial charge in [-0.05, 0) is 12.1 Å². The van der Waals surface area contributed by atoms with Crippen LogP contribution in [0.2, 0.25) is 0 Å². The number of hydrogen-bond donors (Lipinski definition) is 1. The molecule has 1 aliphatic heterocycles. The Morgan fingerprint density at radius 2 is 2.50 bits per heavy atom. The third-order valence-corrected chi connectivity index (χ3v) is 1.69. The maximum absolute atomic E-state index is 10.6. The second-order valence-corrected chi connectivity index (χ2v) is 2.57. The first-order valence-electron chi connectivity index (χ1n) is 3.96. The summed E-state index contributed by atoms with van der Waals surface area (Å²) in [7, 11) is 0. The standard InChI is InChI=1S/C7H8N4O3/c12-11(13)10-8-4-2-5-9(10)7-3-1-6-14-7/h1-3,5-6,8H,4H2. The number of anilines is 1. The molecule has 1 aromatic heterocycles. The van der Waals surface area contributed by atoms with E-state index in [4.69, 9.17) is 4.42 Å². The molecule has 1 aliphatic rings. The zero-order valence-electron chi connectivity index (χ0n) is 7.16. The molecule has 0 spiro atoms. The fourth-order valence-electron chi connectivity index (χ4n) is 1.13. The molecule has 0 radical (unpaired) electrons. The van der Waals surface area contributed by atoms with Crippen LogP contribution in [-0.4, -0.2) is 16.8 Å². The number of hydrogen-bond acceptors (Lipinski definition) is 5. The second-order valence-electron chi connectivity index (χ2n) is 2.57. The maximum atomic E-state index is 10.6. The van der Waals surface area contributed by atoms with Crippen LogP contribution in [0, 0.1) is 10.1 Å². The van der Waals surface area contributed by atoms with Crippen LogP contribution in [0.25, 0.3) is 0 Å². The van der Waals surface area contributed by atoms with Gasteiger partial charge in [0.15, 0.2) is 5.03 Å². The molecule has 1 aromatic rings. The lowest BCUT2D eigenvalue weighted by atomic mass is 10.5. The molecule has 0 saturated heterocycles. The molecule has 0 saturated carbocycles. The summed E-state index contributed by atoms with van der Waals surface area (Å²) in [6, 6.07) is 3.30. The van der Waals surface area contributed by atoms with Crippen molar-refractivity contribution in [3.05, 3.63) is 40.8 Å². The lowest BCUT2D eigenvalue weighted by Crippen LogP contribution is -2.54. The predicted molar refractivity (Wildman–Crippen MR) is 47.2 cm³/mol. The van der Waals surface area contributed by atoms with Gasteiger partial charge >= 0.3 is 0 Å². The highest BCUT2D eigenvalue weighted by Gasteiger charge is 2.26. The number of nitro groups is 1. The summed E-state index contributed by atoms with van der Waals surface area (Å²) in [6.07, 6.45) is 4.77. The molecule has 2 rings (SSSR count). The fraction of sp³-hybridized carbons (Fsp3) is 0.143. The minimum atomic E-state index is -0.563. The van der Waals surface area contributed by atoms with Crippen molar-refractivity contribution in [2.75, 3.05) is 11.6 Å². The lowest BCUT2D eigenvalue weighted by Gasteiger charge is -2.26. The Balaban J connectivity index is 2.27. The van der Waals surface area contributed by atoms with Crippen molar-refractivity contribution < 1.29 is 9.45 Å².